The number of aromatic hydroxyl groups is 1. The number of H-pyrrole nitrogens is 2. The summed E-state index contributed by atoms with van der Waals surface area (Å²) in [4.78, 5) is 21.9. The van der Waals surface area contributed by atoms with Crippen molar-refractivity contribution in [2.45, 2.75) is 48.0 Å². The quantitative estimate of drug-likeness (QED) is 0.132. The van der Waals surface area contributed by atoms with Crippen LogP contribution in [0.2, 0.25) is 0 Å². The molecule has 4 heterocycles. The van der Waals surface area contributed by atoms with E-state index in [4.69, 9.17) is 9.47 Å². The first kappa shape index (κ1) is 38.0. The molecule has 0 amide bonds. The van der Waals surface area contributed by atoms with Crippen molar-refractivity contribution in [2.24, 2.45) is 0 Å². The zero-order valence-corrected chi connectivity index (χ0v) is 28.7. The van der Waals surface area contributed by atoms with Gasteiger partial charge in [0.05, 0.1) is 50.0 Å². The van der Waals surface area contributed by atoms with Crippen LogP contribution in [0.25, 0.3) is 22.1 Å². The fraction of sp³-hybridized carbons (Fsp3) is 0.250. The van der Waals surface area contributed by atoms with Gasteiger partial charge in [0.1, 0.15) is 23.0 Å². The van der Waals surface area contributed by atoms with Gasteiger partial charge in [0.2, 0.25) is 15.0 Å². The van der Waals surface area contributed by atoms with Crippen LogP contribution in [0, 0.1) is 13.8 Å². The lowest BCUT2D eigenvalue weighted by atomic mass is 10.2. The second kappa shape index (κ2) is 15.2. The van der Waals surface area contributed by atoms with Gasteiger partial charge in [0.25, 0.3) is 0 Å². The van der Waals surface area contributed by atoms with Crippen molar-refractivity contribution in [1.29, 1.82) is 0 Å². The molecule has 0 fully saturated rings. The van der Waals surface area contributed by atoms with E-state index in [0.29, 0.717) is 33.3 Å². The van der Waals surface area contributed by atoms with E-state index in [1.807, 2.05) is 0 Å². The summed E-state index contributed by atoms with van der Waals surface area (Å²) in [7, 11) is -5.47. The number of phenols is 1. The molecule has 1 atom stereocenters. The summed E-state index contributed by atoms with van der Waals surface area (Å²) in [5.74, 6) is -0.528. The minimum absolute atomic E-state index is 0.0406. The molecule has 0 aliphatic heterocycles. The third-order valence-electron chi connectivity index (χ3n) is 7.22. The number of halogens is 6. The van der Waals surface area contributed by atoms with Crippen LogP contribution in [-0.2, 0) is 32.1 Å². The summed E-state index contributed by atoms with van der Waals surface area (Å²) in [6.45, 7) is 0.144. The molecule has 0 saturated heterocycles. The number of aromatic nitrogens is 6. The van der Waals surface area contributed by atoms with E-state index in [0.717, 1.165) is 0 Å². The standard InChI is InChI=1S/2C16H14F3N3O3S/c1-9-13(20-5-4-14(9)25-8-16(17,18)19)7-26(24)15-21-11-3-2-10(23)6-12(11)22-15;1-10-13(20-7-6-14(10)25-9-16(17,18)19)8-26(23,24)15-21-11-4-2-3-5-12(11)22-15/h2-6,23H,7-8H2,1H3,(H,21,22);2-7H,8-9H2,1H3,(H,21,22). The third kappa shape index (κ3) is 9.75. The van der Waals surface area contributed by atoms with Crippen molar-refractivity contribution in [2.75, 3.05) is 13.2 Å². The average Bonchev–Trinajstić information content (AvgIpc) is 3.70. The number of hydrogen-bond acceptors (Lipinski definition) is 10. The molecule has 0 saturated carbocycles. The van der Waals surface area contributed by atoms with Crippen LogP contribution in [0.15, 0.2) is 77.3 Å². The molecular weight excluding hydrogens is 743 g/mol. The zero-order valence-electron chi connectivity index (χ0n) is 27.0. The lowest BCUT2D eigenvalue weighted by Gasteiger charge is -2.13. The molecule has 6 rings (SSSR count). The molecule has 0 aliphatic rings. The van der Waals surface area contributed by atoms with Crippen molar-refractivity contribution in [1.82, 2.24) is 29.9 Å². The maximum Gasteiger partial charge on any atom is 0.422 e. The van der Waals surface area contributed by atoms with Crippen molar-refractivity contribution < 1.29 is 53.5 Å². The van der Waals surface area contributed by atoms with Crippen LogP contribution >= 0.6 is 0 Å². The first-order valence-electron chi connectivity index (χ1n) is 14.9. The molecule has 20 heteroatoms. The zero-order chi connectivity index (χ0) is 37.8. The topological polar surface area (TPSA) is 173 Å². The highest BCUT2D eigenvalue weighted by Crippen LogP contribution is 2.27. The monoisotopic (exact) mass is 770 g/mol. The predicted octanol–water partition coefficient (Wildman–Crippen LogP) is 6.40. The van der Waals surface area contributed by atoms with Gasteiger partial charge >= 0.3 is 12.4 Å². The normalized spacial score (nSPS) is 12.8. The second-order valence-corrected chi connectivity index (χ2v) is 14.4. The van der Waals surface area contributed by atoms with E-state index in [1.165, 1.54) is 43.6 Å². The Labute approximate surface area is 293 Å². The predicted molar refractivity (Wildman–Crippen MR) is 176 cm³/mol. The van der Waals surface area contributed by atoms with Gasteiger partial charge in [-0.3, -0.25) is 14.2 Å². The summed E-state index contributed by atoms with van der Waals surface area (Å²) in [6.07, 6.45) is -6.42. The number of rotatable bonds is 10. The van der Waals surface area contributed by atoms with E-state index in [1.54, 1.807) is 37.3 Å². The Morgan fingerprint density at radius 3 is 1.96 bits per heavy atom. The van der Waals surface area contributed by atoms with E-state index >= 15 is 0 Å². The molecule has 276 valence electrons. The number of para-hydroxylation sites is 2. The summed E-state index contributed by atoms with van der Waals surface area (Å²) in [6, 6.07) is 13.9. The SMILES string of the molecule is Cc1c(OCC(F)(F)F)ccnc1CS(=O)(=O)c1nc2ccccc2[nH]1.Cc1c(OCC(F)(F)F)ccnc1CS(=O)c1nc2ccc(O)cc2[nH]1. The average molecular weight is 771 g/mol. The summed E-state index contributed by atoms with van der Waals surface area (Å²) >= 11 is 0. The first-order chi connectivity index (χ1) is 24.4. The van der Waals surface area contributed by atoms with Gasteiger partial charge in [-0.15, -0.1) is 0 Å². The first-order valence-corrected chi connectivity index (χ1v) is 17.9. The maximum atomic E-state index is 12.6. The third-order valence-corrected chi connectivity index (χ3v) is 9.81. The Kier molecular flexibility index (Phi) is 11.1. The van der Waals surface area contributed by atoms with Crippen LogP contribution < -0.4 is 9.47 Å². The number of imidazole rings is 2. The van der Waals surface area contributed by atoms with Gasteiger partial charge < -0.3 is 24.5 Å². The van der Waals surface area contributed by atoms with Crippen molar-refractivity contribution in [3.05, 3.63) is 89.5 Å². The van der Waals surface area contributed by atoms with Gasteiger partial charge in [0.15, 0.2) is 18.4 Å². The fourth-order valence-electron chi connectivity index (χ4n) is 4.64. The fourth-order valence-corrected chi connectivity index (χ4v) is 7.03. The Morgan fingerprint density at radius 2 is 1.35 bits per heavy atom. The van der Waals surface area contributed by atoms with Crippen molar-refractivity contribution in [3.63, 3.8) is 0 Å². The molecule has 52 heavy (non-hydrogen) atoms. The highest BCUT2D eigenvalue weighted by Gasteiger charge is 2.30. The second-order valence-electron chi connectivity index (χ2n) is 11.1. The number of sulfone groups is 1. The highest BCUT2D eigenvalue weighted by molar-refractivity contribution is 7.90. The molecule has 0 aliphatic carbocycles. The van der Waals surface area contributed by atoms with E-state index in [-0.39, 0.29) is 44.6 Å². The molecule has 0 bridgehead atoms. The number of hydrogen-bond donors (Lipinski definition) is 3. The largest absolute Gasteiger partial charge is 0.508 e. The number of nitrogens with one attached hydrogen (secondary N) is 2. The number of pyridine rings is 2. The molecule has 3 N–H and O–H groups in total. The summed E-state index contributed by atoms with van der Waals surface area (Å²) < 4.78 is 121. The summed E-state index contributed by atoms with van der Waals surface area (Å²) in [5.41, 5.74) is 3.21. The molecule has 12 nitrogen and oxygen atoms in total. The molecular formula is C32H28F6N6O6S2. The summed E-state index contributed by atoms with van der Waals surface area (Å²) in [5, 5.41) is 9.43. The van der Waals surface area contributed by atoms with E-state index in [9.17, 15) is 44.1 Å². The Morgan fingerprint density at radius 1 is 0.769 bits per heavy atom. The van der Waals surface area contributed by atoms with Crippen LogP contribution in [0.3, 0.4) is 0 Å². The Bertz CT molecular complexity index is 2310. The minimum Gasteiger partial charge on any atom is -0.508 e. The maximum absolute atomic E-state index is 12.6. The number of ether oxygens (including phenoxy) is 2. The number of phenolic OH excluding ortho intramolecular Hbond substituents is 1. The molecule has 4 aromatic heterocycles. The van der Waals surface area contributed by atoms with Crippen LogP contribution in [0.5, 0.6) is 17.2 Å². The van der Waals surface area contributed by atoms with E-state index in [2.05, 4.69) is 29.9 Å². The van der Waals surface area contributed by atoms with Gasteiger partial charge in [-0.2, -0.15) is 26.3 Å². The molecule has 6 aromatic rings. The van der Waals surface area contributed by atoms with Crippen LogP contribution in [0.1, 0.15) is 22.5 Å². The lowest BCUT2D eigenvalue weighted by Crippen LogP contribution is -2.20. The highest BCUT2D eigenvalue weighted by atomic mass is 32.2. The van der Waals surface area contributed by atoms with Gasteiger partial charge in [0, 0.05) is 29.6 Å². The number of aromatic amines is 2. The van der Waals surface area contributed by atoms with Gasteiger partial charge in [-0.25, -0.2) is 18.4 Å². The van der Waals surface area contributed by atoms with E-state index < -0.39 is 52.0 Å². The molecule has 0 spiro atoms. The molecule has 2 aromatic carbocycles. The number of fused-ring (bicyclic) bond motifs is 2. The van der Waals surface area contributed by atoms with Gasteiger partial charge in [-0.1, -0.05) is 12.1 Å². The number of benzene rings is 2. The van der Waals surface area contributed by atoms with Crippen LogP contribution in [-0.4, -0.2) is 73.2 Å². The minimum atomic E-state index is -4.49. The number of alkyl halides is 6. The Hall–Kier alpha value is -5.24. The van der Waals surface area contributed by atoms with Crippen molar-refractivity contribution >= 4 is 42.7 Å². The molecule has 1 unspecified atom stereocenters. The molecule has 0 radical (unpaired) electrons. The van der Waals surface area contributed by atoms with Crippen molar-refractivity contribution in [3.8, 4) is 17.2 Å². The van der Waals surface area contributed by atoms with Gasteiger partial charge in [-0.05, 0) is 50.2 Å². The van der Waals surface area contributed by atoms with Crippen LogP contribution in [0.4, 0.5) is 26.3 Å². The number of nitrogens with zero attached hydrogens (tertiary/aromatic N) is 4. The smallest absolute Gasteiger partial charge is 0.422 e. The Balaban J connectivity index is 0.000000201. The lowest BCUT2D eigenvalue weighted by molar-refractivity contribution is -0.154.